The number of carbonyl (C=O) groups excluding carboxylic acids is 1. The SMILES string of the molecule is O=C1C[C@@H](CBr)CN1. The summed E-state index contributed by atoms with van der Waals surface area (Å²) in [6.07, 6.45) is 0.700. The Hall–Kier alpha value is -0.0500. The van der Waals surface area contributed by atoms with Crippen molar-refractivity contribution in [3.63, 3.8) is 0 Å². The van der Waals surface area contributed by atoms with Gasteiger partial charge in [-0.15, -0.1) is 0 Å². The molecule has 0 bridgehead atoms. The van der Waals surface area contributed by atoms with Crippen molar-refractivity contribution in [3.8, 4) is 0 Å². The molecule has 0 unspecified atom stereocenters. The smallest absolute Gasteiger partial charge is 0.220 e. The summed E-state index contributed by atoms with van der Waals surface area (Å²) in [6.45, 7) is 0.851. The first kappa shape index (κ1) is 6.08. The maximum atomic E-state index is 10.5. The van der Waals surface area contributed by atoms with Gasteiger partial charge >= 0.3 is 0 Å². The first-order chi connectivity index (χ1) is 3.83. The van der Waals surface area contributed by atoms with Gasteiger partial charge < -0.3 is 5.32 Å². The number of halogens is 1. The van der Waals surface area contributed by atoms with Crippen molar-refractivity contribution >= 4 is 21.8 Å². The minimum absolute atomic E-state index is 0.189. The average molecular weight is 178 g/mol. The molecule has 0 aromatic rings. The molecule has 1 aliphatic heterocycles. The third-order valence-electron chi connectivity index (χ3n) is 1.28. The van der Waals surface area contributed by atoms with Crippen molar-refractivity contribution in [2.45, 2.75) is 6.42 Å². The fourth-order valence-electron chi connectivity index (χ4n) is 0.774. The van der Waals surface area contributed by atoms with Gasteiger partial charge in [0.25, 0.3) is 0 Å². The maximum absolute atomic E-state index is 10.5. The van der Waals surface area contributed by atoms with Crippen LogP contribution in [0.15, 0.2) is 0 Å². The van der Waals surface area contributed by atoms with E-state index in [1.165, 1.54) is 0 Å². The van der Waals surface area contributed by atoms with E-state index in [2.05, 4.69) is 21.2 Å². The van der Waals surface area contributed by atoms with Gasteiger partial charge in [0.1, 0.15) is 0 Å². The summed E-state index contributed by atoms with van der Waals surface area (Å²) in [6, 6.07) is 0. The Labute approximate surface area is 56.8 Å². The van der Waals surface area contributed by atoms with Gasteiger partial charge in [-0.05, 0) is 5.92 Å². The van der Waals surface area contributed by atoms with Gasteiger partial charge in [-0.1, -0.05) is 15.9 Å². The second kappa shape index (κ2) is 2.49. The highest BCUT2D eigenvalue weighted by Crippen LogP contribution is 2.10. The van der Waals surface area contributed by atoms with Gasteiger partial charge in [0.05, 0.1) is 0 Å². The van der Waals surface area contributed by atoms with E-state index in [0.29, 0.717) is 12.3 Å². The lowest BCUT2D eigenvalue weighted by atomic mass is 10.2. The molecule has 1 N–H and O–H groups in total. The average Bonchev–Trinajstić information content (AvgIpc) is 2.14. The Morgan fingerprint density at radius 1 is 1.88 bits per heavy atom. The zero-order chi connectivity index (χ0) is 5.98. The van der Waals surface area contributed by atoms with Gasteiger partial charge in [0.2, 0.25) is 5.91 Å². The number of alkyl halides is 1. The minimum Gasteiger partial charge on any atom is -0.356 e. The second-order valence-electron chi connectivity index (χ2n) is 2.03. The highest BCUT2D eigenvalue weighted by atomic mass is 79.9. The van der Waals surface area contributed by atoms with E-state index in [4.69, 9.17) is 0 Å². The van der Waals surface area contributed by atoms with Crippen LogP contribution in [0.25, 0.3) is 0 Å². The molecule has 1 fully saturated rings. The minimum atomic E-state index is 0.189. The summed E-state index contributed by atoms with van der Waals surface area (Å²) in [5, 5.41) is 3.69. The highest BCUT2D eigenvalue weighted by Gasteiger charge is 2.19. The molecule has 46 valence electrons. The largest absolute Gasteiger partial charge is 0.356 e. The number of carbonyl (C=O) groups is 1. The summed E-state index contributed by atoms with van der Waals surface area (Å²) in [4.78, 5) is 10.5. The zero-order valence-corrected chi connectivity index (χ0v) is 6.07. The van der Waals surface area contributed by atoms with Crippen LogP contribution in [0.1, 0.15) is 6.42 Å². The molecule has 3 heteroatoms. The van der Waals surface area contributed by atoms with E-state index in [0.717, 1.165) is 11.9 Å². The normalized spacial score (nSPS) is 28.1. The Kier molecular flexibility index (Phi) is 1.89. The van der Waals surface area contributed by atoms with Crippen molar-refractivity contribution in [1.29, 1.82) is 0 Å². The van der Waals surface area contributed by atoms with Gasteiger partial charge in [0, 0.05) is 18.3 Å². The molecule has 2 nitrogen and oxygen atoms in total. The van der Waals surface area contributed by atoms with E-state index in [1.807, 2.05) is 0 Å². The van der Waals surface area contributed by atoms with Crippen molar-refractivity contribution < 1.29 is 4.79 Å². The Morgan fingerprint density at radius 3 is 2.88 bits per heavy atom. The lowest BCUT2D eigenvalue weighted by Crippen LogP contribution is -2.14. The van der Waals surface area contributed by atoms with Crippen LogP contribution in [0.4, 0.5) is 0 Å². The molecule has 0 aromatic heterocycles. The summed E-state index contributed by atoms with van der Waals surface area (Å²) in [5.41, 5.74) is 0. The highest BCUT2D eigenvalue weighted by molar-refractivity contribution is 9.09. The van der Waals surface area contributed by atoms with Crippen LogP contribution in [0.3, 0.4) is 0 Å². The third kappa shape index (κ3) is 1.22. The molecular formula is C5H8BrNO. The Morgan fingerprint density at radius 2 is 2.62 bits per heavy atom. The molecule has 1 heterocycles. The van der Waals surface area contributed by atoms with Crippen LogP contribution in [-0.4, -0.2) is 17.8 Å². The molecule has 1 atom stereocenters. The molecular weight excluding hydrogens is 170 g/mol. The molecule has 1 saturated heterocycles. The number of nitrogens with one attached hydrogen (secondary N) is 1. The van der Waals surface area contributed by atoms with Crippen molar-refractivity contribution in [1.82, 2.24) is 5.32 Å². The van der Waals surface area contributed by atoms with Crippen LogP contribution in [-0.2, 0) is 4.79 Å². The van der Waals surface area contributed by atoms with Crippen LogP contribution in [0.5, 0.6) is 0 Å². The Bertz CT molecular complexity index is 105. The monoisotopic (exact) mass is 177 g/mol. The molecule has 0 aromatic carbocycles. The standard InChI is InChI=1S/C5H8BrNO/c6-2-4-1-5(8)7-3-4/h4H,1-3H2,(H,7,8)/t4-/m0/s1. The predicted molar refractivity (Wildman–Crippen MR) is 34.9 cm³/mol. The topological polar surface area (TPSA) is 29.1 Å². The number of hydrogen-bond acceptors (Lipinski definition) is 1. The quantitative estimate of drug-likeness (QED) is 0.582. The molecule has 0 aliphatic carbocycles. The van der Waals surface area contributed by atoms with Gasteiger partial charge in [-0.25, -0.2) is 0 Å². The van der Waals surface area contributed by atoms with E-state index in [1.54, 1.807) is 0 Å². The number of hydrogen-bond donors (Lipinski definition) is 1. The van der Waals surface area contributed by atoms with E-state index < -0.39 is 0 Å². The van der Waals surface area contributed by atoms with E-state index in [9.17, 15) is 4.79 Å². The fourth-order valence-corrected chi connectivity index (χ4v) is 1.23. The Balaban J connectivity index is 2.32. The third-order valence-corrected chi connectivity index (χ3v) is 2.20. The van der Waals surface area contributed by atoms with Crippen LogP contribution in [0.2, 0.25) is 0 Å². The number of amides is 1. The summed E-state index contributed by atoms with van der Waals surface area (Å²) < 4.78 is 0. The molecule has 1 aliphatic rings. The van der Waals surface area contributed by atoms with E-state index >= 15 is 0 Å². The fraction of sp³-hybridized carbons (Fsp3) is 0.800. The zero-order valence-electron chi connectivity index (χ0n) is 4.48. The molecule has 1 rings (SSSR count). The molecule has 0 spiro atoms. The van der Waals surface area contributed by atoms with Crippen molar-refractivity contribution in [2.24, 2.45) is 5.92 Å². The lowest BCUT2D eigenvalue weighted by molar-refractivity contribution is -0.119. The second-order valence-corrected chi connectivity index (χ2v) is 2.68. The van der Waals surface area contributed by atoms with E-state index in [-0.39, 0.29) is 5.91 Å². The lowest BCUT2D eigenvalue weighted by Gasteiger charge is -1.95. The van der Waals surface area contributed by atoms with Gasteiger partial charge in [-0.3, -0.25) is 4.79 Å². The number of rotatable bonds is 1. The summed E-state index contributed by atoms with van der Waals surface area (Å²) in [5.74, 6) is 0.719. The van der Waals surface area contributed by atoms with Crippen molar-refractivity contribution in [3.05, 3.63) is 0 Å². The maximum Gasteiger partial charge on any atom is 0.220 e. The molecule has 0 radical (unpaired) electrons. The molecule has 0 saturated carbocycles. The van der Waals surface area contributed by atoms with Crippen molar-refractivity contribution in [2.75, 3.05) is 11.9 Å². The summed E-state index contributed by atoms with van der Waals surface area (Å²) in [7, 11) is 0. The first-order valence-corrected chi connectivity index (χ1v) is 3.77. The van der Waals surface area contributed by atoms with Crippen LogP contribution in [0, 0.1) is 5.92 Å². The first-order valence-electron chi connectivity index (χ1n) is 2.65. The van der Waals surface area contributed by atoms with Crippen LogP contribution >= 0.6 is 15.9 Å². The van der Waals surface area contributed by atoms with Gasteiger partial charge in [0.15, 0.2) is 0 Å². The molecule has 1 amide bonds. The van der Waals surface area contributed by atoms with Crippen LogP contribution < -0.4 is 5.32 Å². The molecule has 8 heavy (non-hydrogen) atoms. The predicted octanol–water partition coefficient (Wildman–Crippen LogP) is 0.517. The summed E-state index contributed by atoms with van der Waals surface area (Å²) >= 11 is 3.31. The van der Waals surface area contributed by atoms with Gasteiger partial charge in [-0.2, -0.15) is 0 Å².